The highest BCUT2D eigenvalue weighted by molar-refractivity contribution is 5.74. The summed E-state index contributed by atoms with van der Waals surface area (Å²) in [5.41, 5.74) is 4.19. The Labute approximate surface area is 92.3 Å². The third-order valence-corrected chi connectivity index (χ3v) is 3.02. The third kappa shape index (κ3) is 2.09. The van der Waals surface area contributed by atoms with Gasteiger partial charge in [0.15, 0.2) is 0 Å². The molecule has 0 aliphatic carbocycles. The summed E-state index contributed by atoms with van der Waals surface area (Å²) in [4.78, 5) is 2.34. The van der Waals surface area contributed by atoms with Gasteiger partial charge in [0, 0.05) is 20.1 Å². The molecule has 1 aliphatic heterocycles. The second-order valence-electron chi connectivity index (χ2n) is 4.26. The molecule has 0 unspecified atom stereocenters. The van der Waals surface area contributed by atoms with Crippen LogP contribution in [0.1, 0.15) is 25.3 Å². The van der Waals surface area contributed by atoms with Gasteiger partial charge in [-0.15, -0.1) is 0 Å². The summed E-state index contributed by atoms with van der Waals surface area (Å²) < 4.78 is 0. The summed E-state index contributed by atoms with van der Waals surface area (Å²) in [6.07, 6.45) is 3.67. The Bertz CT molecular complexity index is 333. The van der Waals surface area contributed by atoms with Gasteiger partial charge in [0.05, 0.1) is 11.4 Å². The lowest BCUT2D eigenvalue weighted by Gasteiger charge is -2.27. The molecule has 15 heavy (non-hydrogen) atoms. The van der Waals surface area contributed by atoms with Gasteiger partial charge < -0.3 is 10.2 Å². The van der Waals surface area contributed by atoms with E-state index in [0.717, 1.165) is 13.1 Å². The highest BCUT2D eigenvalue weighted by atomic mass is 15.1. The lowest BCUT2D eigenvalue weighted by molar-refractivity contribution is 0.815. The highest BCUT2D eigenvalue weighted by Crippen LogP contribution is 2.32. The maximum absolute atomic E-state index is 3.53. The van der Waals surface area contributed by atoms with Gasteiger partial charge in [-0.2, -0.15) is 0 Å². The quantitative estimate of drug-likeness (QED) is 0.814. The summed E-state index contributed by atoms with van der Waals surface area (Å²) >= 11 is 0. The van der Waals surface area contributed by atoms with Gasteiger partial charge in [-0.1, -0.05) is 19.1 Å². The first-order valence-electron chi connectivity index (χ1n) is 5.90. The zero-order chi connectivity index (χ0) is 10.7. The molecule has 0 bridgehead atoms. The number of aryl methyl sites for hydroxylation is 1. The van der Waals surface area contributed by atoms with Crippen molar-refractivity contribution < 1.29 is 0 Å². The fourth-order valence-corrected chi connectivity index (χ4v) is 2.27. The van der Waals surface area contributed by atoms with Gasteiger partial charge in [-0.3, -0.25) is 0 Å². The number of nitrogens with zero attached hydrogens (tertiary/aromatic N) is 1. The normalized spacial score (nSPS) is 14.3. The second kappa shape index (κ2) is 4.56. The first-order chi connectivity index (χ1) is 7.33. The summed E-state index contributed by atoms with van der Waals surface area (Å²) in [5, 5.41) is 3.53. The second-order valence-corrected chi connectivity index (χ2v) is 4.26. The zero-order valence-electron chi connectivity index (χ0n) is 9.71. The summed E-state index contributed by atoms with van der Waals surface area (Å²) in [6.45, 7) is 4.46. The Hall–Kier alpha value is -1.18. The van der Waals surface area contributed by atoms with E-state index in [1.807, 2.05) is 0 Å². The number of hydrogen-bond acceptors (Lipinski definition) is 2. The van der Waals surface area contributed by atoms with Gasteiger partial charge in [-0.05, 0) is 30.9 Å². The first-order valence-corrected chi connectivity index (χ1v) is 5.90. The van der Waals surface area contributed by atoms with Crippen LogP contribution in [0.2, 0.25) is 0 Å². The van der Waals surface area contributed by atoms with Crippen LogP contribution >= 0.6 is 0 Å². The third-order valence-electron chi connectivity index (χ3n) is 3.02. The Morgan fingerprint density at radius 1 is 1.40 bits per heavy atom. The van der Waals surface area contributed by atoms with E-state index in [2.05, 4.69) is 42.4 Å². The van der Waals surface area contributed by atoms with Crippen LogP contribution < -0.4 is 10.2 Å². The van der Waals surface area contributed by atoms with Crippen LogP contribution in [-0.2, 0) is 6.42 Å². The molecule has 1 heterocycles. The van der Waals surface area contributed by atoms with Crippen molar-refractivity contribution in [2.45, 2.75) is 26.2 Å². The van der Waals surface area contributed by atoms with Crippen molar-refractivity contribution >= 4 is 11.4 Å². The molecule has 0 spiro atoms. The zero-order valence-corrected chi connectivity index (χ0v) is 9.71. The van der Waals surface area contributed by atoms with E-state index in [-0.39, 0.29) is 0 Å². The molecular formula is C13H20N2. The van der Waals surface area contributed by atoms with Crippen LogP contribution in [0.4, 0.5) is 11.4 Å². The van der Waals surface area contributed by atoms with Gasteiger partial charge in [0.1, 0.15) is 0 Å². The van der Waals surface area contributed by atoms with E-state index in [0.29, 0.717) is 0 Å². The lowest BCUT2D eigenvalue weighted by Crippen LogP contribution is -2.22. The molecule has 0 saturated carbocycles. The highest BCUT2D eigenvalue weighted by Gasteiger charge is 2.13. The average Bonchev–Trinajstić information content (AvgIpc) is 2.28. The number of fused-ring (bicyclic) bond motifs is 1. The topological polar surface area (TPSA) is 15.3 Å². The molecule has 0 radical (unpaired) electrons. The van der Waals surface area contributed by atoms with Crippen molar-refractivity contribution in [3.05, 3.63) is 23.8 Å². The monoisotopic (exact) mass is 204 g/mol. The number of hydrogen-bond donors (Lipinski definition) is 1. The molecule has 1 aromatic carbocycles. The number of nitrogens with one attached hydrogen (secondary N) is 1. The van der Waals surface area contributed by atoms with E-state index < -0.39 is 0 Å². The van der Waals surface area contributed by atoms with Gasteiger partial charge >= 0.3 is 0 Å². The lowest BCUT2D eigenvalue weighted by atomic mass is 10.0. The Morgan fingerprint density at radius 3 is 3.07 bits per heavy atom. The largest absolute Gasteiger partial charge is 0.383 e. The number of rotatable bonds is 3. The van der Waals surface area contributed by atoms with Crippen LogP contribution in [-0.4, -0.2) is 20.1 Å². The molecule has 2 nitrogen and oxygen atoms in total. The van der Waals surface area contributed by atoms with E-state index in [9.17, 15) is 0 Å². The molecule has 0 atom stereocenters. The smallest absolute Gasteiger partial charge is 0.0610 e. The standard InChI is InChI=1S/C13H20N2/c1-3-10-15(2)12-8-4-6-11-7-5-9-14-13(11)12/h4,6,8,14H,3,5,7,9-10H2,1-2H3. The summed E-state index contributed by atoms with van der Waals surface area (Å²) in [6, 6.07) is 6.63. The molecule has 0 saturated heterocycles. The molecule has 1 aliphatic rings. The number of para-hydroxylation sites is 1. The van der Waals surface area contributed by atoms with Crippen LogP contribution in [0.5, 0.6) is 0 Å². The van der Waals surface area contributed by atoms with Crippen LogP contribution in [0.25, 0.3) is 0 Å². The summed E-state index contributed by atoms with van der Waals surface area (Å²) in [5.74, 6) is 0. The van der Waals surface area contributed by atoms with E-state index in [4.69, 9.17) is 0 Å². The van der Waals surface area contributed by atoms with Crippen molar-refractivity contribution in [3.8, 4) is 0 Å². The molecule has 82 valence electrons. The number of benzene rings is 1. The predicted molar refractivity (Wildman–Crippen MR) is 66.8 cm³/mol. The maximum Gasteiger partial charge on any atom is 0.0610 e. The predicted octanol–water partition coefficient (Wildman–Crippen LogP) is 2.89. The fraction of sp³-hybridized carbons (Fsp3) is 0.538. The Kier molecular flexibility index (Phi) is 3.14. The molecule has 0 fully saturated rings. The van der Waals surface area contributed by atoms with E-state index >= 15 is 0 Å². The molecule has 2 heteroatoms. The van der Waals surface area contributed by atoms with Gasteiger partial charge in [-0.25, -0.2) is 0 Å². The van der Waals surface area contributed by atoms with Crippen LogP contribution in [0.15, 0.2) is 18.2 Å². The van der Waals surface area contributed by atoms with Crippen LogP contribution in [0.3, 0.4) is 0 Å². The first kappa shape index (κ1) is 10.3. The minimum absolute atomic E-state index is 1.12. The van der Waals surface area contributed by atoms with Crippen molar-refractivity contribution in [2.24, 2.45) is 0 Å². The summed E-state index contributed by atoms with van der Waals surface area (Å²) in [7, 11) is 2.18. The van der Waals surface area contributed by atoms with E-state index in [1.165, 1.54) is 36.2 Å². The molecule has 0 aromatic heterocycles. The Morgan fingerprint density at radius 2 is 2.27 bits per heavy atom. The SMILES string of the molecule is CCCN(C)c1cccc2c1NCCC2. The molecule has 1 N–H and O–H groups in total. The Balaban J connectivity index is 2.30. The minimum atomic E-state index is 1.12. The minimum Gasteiger partial charge on any atom is -0.383 e. The maximum atomic E-state index is 3.53. The van der Waals surface area contributed by atoms with Crippen molar-refractivity contribution in [1.29, 1.82) is 0 Å². The van der Waals surface area contributed by atoms with Crippen molar-refractivity contribution in [1.82, 2.24) is 0 Å². The van der Waals surface area contributed by atoms with Gasteiger partial charge in [0.25, 0.3) is 0 Å². The number of anilines is 2. The molecule has 1 aromatic rings. The molecule has 0 amide bonds. The van der Waals surface area contributed by atoms with Crippen LogP contribution in [0, 0.1) is 0 Å². The van der Waals surface area contributed by atoms with Crippen molar-refractivity contribution in [3.63, 3.8) is 0 Å². The molecule has 2 rings (SSSR count). The molecular weight excluding hydrogens is 184 g/mol. The van der Waals surface area contributed by atoms with Gasteiger partial charge in [0.2, 0.25) is 0 Å². The van der Waals surface area contributed by atoms with E-state index in [1.54, 1.807) is 0 Å². The average molecular weight is 204 g/mol. The van der Waals surface area contributed by atoms with Crippen molar-refractivity contribution in [2.75, 3.05) is 30.4 Å². The fourth-order valence-electron chi connectivity index (χ4n) is 2.27.